The Morgan fingerprint density at radius 3 is 2.00 bits per heavy atom. The quantitative estimate of drug-likeness (QED) is 0.740. The lowest BCUT2D eigenvalue weighted by Gasteiger charge is -2.14. The van der Waals surface area contributed by atoms with Gasteiger partial charge < -0.3 is 0 Å². The van der Waals surface area contributed by atoms with Gasteiger partial charge in [0.2, 0.25) is 6.29 Å². The highest BCUT2D eigenvalue weighted by molar-refractivity contribution is 5.57. The summed E-state index contributed by atoms with van der Waals surface area (Å²) in [5.74, 6) is 0. The van der Waals surface area contributed by atoms with Gasteiger partial charge in [0.15, 0.2) is 0 Å². The lowest BCUT2D eigenvalue weighted by molar-refractivity contribution is -0.141. The first-order chi connectivity index (χ1) is 7.66. The number of rotatable bonds is 2. The minimum Gasteiger partial charge on any atom is -0.291 e. The van der Waals surface area contributed by atoms with Crippen molar-refractivity contribution >= 4 is 6.29 Å². The molecule has 0 N–H and O–H groups in total. The van der Waals surface area contributed by atoms with Crippen molar-refractivity contribution in [1.29, 1.82) is 0 Å². The Morgan fingerprint density at radius 2 is 1.59 bits per heavy atom. The van der Waals surface area contributed by atoms with E-state index < -0.39 is 35.5 Å². The smallest absolute Gasteiger partial charge is 0.291 e. The topological polar surface area (TPSA) is 17.1 Å². The molecule has 0 spiro atoms. The van der Waals surface area contributed by atoms with E-state index in [2.05, 4.69) is 0 Å². The molecular weight excluding hydrogens is 250 g/mol. The molecule has 1 nitrogen and oxygen atoms in total. The van der Waals surface area contributed by atoms with Gasteiger partial charge in [-0.3, -0.25) is 4.79 Å². The second kappa shape index (κ2) is 4.38. The molecule has 1 rings (SSSR count). The van der Waals surface area contributed by atoms with Crippen molar-refractivity contribution < 1.29 is 31.1 Å². The fraction of sp³-hybridized carbons (Fsp3) is 0.300. The molecule has 0 aliphatic carbocycles. The van der Waals surface area contributed by atoms with E-state index >= 15 is 0 Å². The molecule has 0 saturated heterocycles. The van der Waals surface area contributed by atoms with Gasteiger partial charge in [-0.1, -0.05) is 0 Å². The molecule has 0 atom stereocenters. The highest BCUT2D eigenvalue weighted by Gasteiger charge is 2.36. The van der Waals surface area contributed by atoms with Crippen LogP contribution in [-0.2, 0) is 23.6 Å². The first kappa shape index (κ1) is 13.5. The van der Waals surface area contributed by atoms with E-state index in [1.165, 1.54) is 0 Å². The molecule has 0 unspecified atom stereocenters. The third-order valence-electron chi connectivity index (χ3n) is 2.00. The molecule has 93 valence electrons. The monoisotopic (exact) mass is 255 g/mol. The SMILES string of the molecule is O=[C]Cc1cc(C(F)(F)F)ccc1C(F)(F)F. The van der Waals surface area contributed by atoms with Gasteiger partial charge in [0, 0.05) is 6.42 Å². The van der Waals surface area contributed by atoms with Gasteiger partial charge in [-0.15, -0.1) is 0 Å². The normalized spacial score (nSPS) is 12.6. The maximum Gasteiger partial charge on any atom is 0.416 e. The molecule has 0 aliphatic rings. The van der Waals surface area contributed by atoms with Crippen molar-refractivity contribution in [3.63, 3.8) is 0 Å². The fourth-order valence-corrected chi connectivity index (χ4v) is 1.27. The summed E-state index contributed by atoms with van der Waals surface area (Å²) in [7, 11) is 0. The number of benzene rings is 1. The molecule has 7 heteroatoms. The highest BCUT2D eigenvalue weighted by atomic mass is 19.4. The van der Waals surface area contributed by atoms with E-state index in [0.717, 1.165) is 6.29 Å². The summed E-state index contributed by atoms with van der Waals surface area (Å²) >= 11 is 0. The maximum atomic E-state index is 12.4. The van der Waals surface area contributed by atoms with Gasteiger partial charge in [-0.25, -0.2) is 0 Å². The molecule has 1 aromatic carbocycles. The minimum absolute atomic E-state index is 0.313. The molecule has 1 radical (unpaired) electrons. The highest BCUT2D eigenvalue weighted by Crippen LogP contribution is 2.36. The van der Waals surface area contributed by atoms with Crippen molar-refractivity contribution in [2.45, 2.75) is 18.8 Å². The largest absolute Gasteiger partial charge is 0.416 e. The van der Waals surface area contributed by atoms with Gasteiger partial charge in [-0.2, -0.15) is 26.3 Å². The number of halogens is 6. The maximum absolute atomic E-state index is 12.4. The molecule has 0 saturated carbocycles. The summed E-state index contributed by atoms with van der Waals surface area (Å²) in [6, 6.07) is 0.959. The zero-order valence-corrected chi connectivity index (χ0v) is 8.12. The zero-order chi connectivity index (χ0) is 13.3. The van der Waals surface area contributed by atoms with E-state index in [0.29, 0.717) is 18.2 Å². The van der Waals surface area contributed by atoms with Crippen LogP contribution in [0.3, 0.4) is 0 Å². The van der Waals surface area contributed by atoms with Gasteiger partial charge in [0.05, 0.1) is 11.1 Å². The van der Waals surface area contributed by atoms with E-state index in [-0.39, 0.29) is 0 Å². The summed E-state index contributed by atoms with van der Waals surface area (Å²) in [5.41, 5.74) is -3.22. The lowest BCUT2D eigenvalue weighted by atomic mass is 10.0. The first-order valence-electron chi connectivity index (χ1n) is 4.28. The average Bonchev–Trinajstić information content (AvgIpc) is 2.15. The number of carbonyl (C=O) groups excluding carboxylic acids is 1. The summed E-state index contributed by atoms with van der Waals surface area (Å²) in [4.78, 5) is 10.0. The van der Waals surface area contributed by atoms with Crippen LogP contribution >= 0.6 is 0 Å². The van der Waals surface area contributed by atoms with E-state index in [1.807, 2.05) is 0 Å². The summed E-state index contributed by atoms with van der Waals surface area (Å²) in [6.45, 7) is 0. The summed E-state index contributed by atoms with van der Waals surface area (Å²) < 4.78 is 73.9. The van der Waals surface area contributed by atoms with Crippen LogP contribution in [0.15, 0.2) is 18.2 Å². The van der Waals surface area contributed by atoms with Crippen LogP contribution < -0.4 is 0 Å². The van der Waals surface area contributed by atoms with Gasteiger partial charge in [0.1, 0.15) is 0 Å². The third-order valence-corrected chi connectivity index (χ3v) is 2.00. The van der Waals surface area contributed by atoms with Crippen LogP contribution in [0, 0.1) is 0 Å². The fourth-order valence-electron chi connectivity index (χ4n) is 1.27. The number of hydrogen-bond acceptors (Lipinski definition) is 1. The Morgan fingerprint density at radius 1 is 1.00 bits per heavy atom. The second-order valence-corrected chi connectivity index (χ2v) is 3.19. The molecule has 0 bridgehead atoms. The van der Waals surface area contributed by atoms with Gasteiger partial charge in [-0.05, 0) is 23.8 Å². The van der Waals surface area contributed by atoms with Crippen LogP contribution in [0.2, 0.25) is 0 Å². The molecule has 1 aromatic rings. The Bertz CT molecular complexity index is 418. The molecule has 0 amide bonds. The van der Waals surface area contributed by atoms with Crippen molar-refractivity contribution in [2.75, 3.05) is 0 Å². The average molecular weight is 255 g/mol. The predicted molar refractivity (Wildman–Crippen MR) is 45.8 cm³/mol. The van der Waals surface area contributed by atoms with Gasteiger partial charge in [0.25, 0.3) is 0 Å². The Balaban J connectivity index is 3.32. The Labute approximate surface area is 92.0 Å². The van der Waals surface area contributed by atoms with Crippen molar-refractivity contribution in [2.24, 2.45) is 0 Å². The molecule has 0 heterocycles. The Kier molecular flexibility index (Phi) is 3.49. The molecule has 0 aromatic heterocycles. The Hall–Kier alpha value is -1.53. The number of alkyl halides is 6. The third kappa shape index (κ3) is 3.21. The standard InChI is InChI=1S/C10H5F6O/c11-9(12,13)7-1-2-8(10(14,15)16)6(5-7)3-4-17/h1-2,5H,3H2. The first-order valence-corrected chi connectivity index (χ1v) is 4.28. The van der Waals surface area contributed by atoms with Crippen LogP contribution in [0.5, 0.6) is 0 Å². The lowest BCUT2D eigenvalue weighted by Crippen LogP contribution is -2.13. The van der Waals surface area contributed by atoms with Crippen LogP contribution in [-0.4, -0.2) is 6.29 Å². The molecule has 0 fully saturated rings. The summed E-state index contributed by atoms with van der Waals surface area (Å²) in [6.07, 6.45) is -9.22. The van der Waals surface area contributed by atoms with E-state index in [4.69, 9.17) is 0 Å². The van der Waals surface area contributed by atoms with E-state index in [1.54, 1.807) is 0 Å². The van der Waals surface area contributed by atoms with Crippen molar-refractivity contribution in [1.82, 2.24) is 0 Å². The number of hydrogen-bond donors (Lipinski definition) is 0. The summed E-state index contributed by atoms with van der Waals surface area (Å²) in [5, 5.41) is 0. The van der Waals surface area contributed by atoms with E-state index in [9.17, 15) is 31.1 Å². The van der Waals surface area contributed by atoms with Crippen LogP contribution in [0.1, 0.15) is 16.7 Å². The zero-order valence-electron chi connectivity index (χ0n) is 8.12. The molecule has 17 heavy (non-hydrogen) atoms. The molecule has 0 aliphatic heterocycles. The second-order valence-electron chi connectivity index (χ2n) is 3.19. The minimum atomic E-state index is -4.80. The van der Waals surface area contributed by atoms with Crippen LogP contribution in [0.4, 0.5) is 26.3 Å². The van der Waals surface area contributed by atoms with Crippen LogP contribution in [0.25, 0.3) is 0 Å². The molecular formula is C10H5F6O. The van der Waals surface area contributed by atoms with Crippen molar-refractivity contribution in [3.8, 4) is 0 Å². The van der Waals surface area contributed by atoms with Gasteiger partial charge >= 0.3 is 12.4 Å². The van der Waals surface area contributed by atoms with Crippen molar-refractivity contribution in [3.05, 3.63) is 34.9 Å². The predicted octanol–water partition coefficient (Wildman–Crippen LogP) is 3.38.